The highest BCUT2D eigenvalue weighted by Gasteiger charge is 2.40. The Morgan fingerprint density at radius 3 is 2.56 bits per heavy atom. The molecule has 0 aliphatic heterocycles. The minimum Gasteiger partial charge on any atom is -0.367 e. The first-order chi connectivity index (χ1) is 8.55. The van der Waals surface area contributed by atoms with Gasteiger partial charge in [-0.25, -0.2) is 0 Å². The monoisotopic (exact) mass is 262 g/mol. The lowest BCUT2D eigenvalue weighted by atomic mass is 9.70. The molecule has 1 aromatic carbocycles. The van der Waals surface area contributed by atoms with Crippen LogP contribution in [0.4, 0.5) is 5.69 Å². The zero-order valence-electron chi connectivity index (χ0n) is 10.9. The number of hydrogen-bond acceptors (Lipinski definition) is 2. The Balaban J connectivity index is 2.18. The molecule has 0 saturated heterocycles. The highest BCUT2D eigenvalue weighted by molar-refractivity contribution is 6.30. The van der Waals surface area contributed by atoms with Crippen molar-refractivity contribution in [2.24, 2.45) is 11.8 Å². The Morgan fingerprint density at radius 2 is 2.00 bits per heavy atom. The topological polar surface area (TPSA) is 35.8 Å². The van der Waals surface area contributed by atoms with Crippen molar-refractivity contribution in [2.45, 2.75) is 38.6 Å². The molecule has 0 bridgehead atoms. The molecule has 1 aliphatic carbocycles. The van der Waals surface area contributed by atoms with Crippen LogP contribution >= 0.6 is 11.6 Å². The molecule has 0 amide bonds. The maximum absolute atomic E-state index is 9.58. The van der Waals surface area contributed by atoms with E-state index in [1.165, 1.54) is 0 Å². The fourth-order valence-electron chi connectivity index (χ4n) is 2.81. The molecule has 0 spiro atoms. The van der Waals surface area contributed by atoms with Crippen molar-refractivity contribution in [3.63, 3.8) is 0 Å². The van der Waals surface area contributed by atoms with Crippen LogP contribution < -0.4 is 5.32 Å². The summed E-state index contributed by atoms with van der Waals surface area (Å²) in [7, 11) is 0. The number of benzene rings is 1. The molecule has 1 N–H and O–H groups in total. The van der Waals surface area contributed by atoms with Gasteiger partial charge in [0.2, 0.25) is 0 Å². The fraction of sp³-hybridized carbons (Fsp3) is 0.533. The summed E-state index contributed by atoms with van der Waals surface area (Å²) in [5.41, 5.74) is 0.544. The molecule has 0 aromatic heterocycles. The quantitative estimate of drug-likeness (QED) is 0.854. The minimum atomic E-state index is -0.430. The van der Waals surface area contributed by atoms with Gasteiger partial charge in [0.25, 0.3) is 0 Å². The van der Waals surface area contributed by atoms with Gasteiger partial charge >= 0.3 is 0 Å². The minimum absolute atomic E-state index is 0.363. The summed E-state index contributed by atoms with van der Waals surface area (Å²) in [4.78, 5) is 0. The largest absolute Gasteiger partial charge is 0.367 e. The molecule has 0 heterocycles. The third-order valence-corrected chi connectivity index (χ3v) is 4.29. The van der Waals surface area contributed by atoms with Crippen LogP contribution in [0.2, 0.25) is 5.02 Å². The molecule has 0 radical (unpaired) electrons. The van der Waals surface area contributed by atoms with Crippen molar-refractivity contribution >= 4 is 17.3 Å². The number of halogens is 1. The lowest BCUT2D eigenvalue weighted by Gasteiger charge is -2.40. The molecule has 1 saturated carbocycles. The predicted molar refractivity (Wildman–Crippen MR) is 75.6 cm³/mol. The van der Waals surface area contributed by atoms with Crippen molar-refractivity contribution in [3.05, 3.63) is 29.3 Å². The van der Waals surface area contributed by atoms with E-state index >= 15 is 0 Å². The molecule has 3 unspecified atom stereocenters. The Kier molecular flexibility index (Phi) is 3.82. The normalized spacial score (nSPS) is 31.7. The zero-order valence-corrected chi connectivity index (χ0v) is 11.7. The maximum Gasteiger partial charge on any atom is 0.127 e. The van der Waals surface area contributed by atoms with Crippen LogP contribution in [-0.4, -0.2) is 5.54 Å². The van der Waals surface area contributed by atoms with Crippen LogP contribution in [-0.2, 0) is 0 Å². The molecule has 1 aromatic rings. The Hall–Kier alpha value is -1.20. The van der Waals surface area contributed by atoms with Gasteiger partial charge in [0, 0.05) is 10.7 Å². The van der Waals surface area contributed by atoms with E-state index in [9.17, 15) is 5.26 Å². The predicted octanol–water partition coefficient (Wildman–Crippen LogP) is 4.47. The summed E-state index contributed by atoms with van der Waals surface area (Å²) < 4.78 is 0. The molecule has 1 fully saturated rings. The van der Waals surface area contributed by atoms with Crippen LogP contribution in [0, 0.1) is 23.2 Å². The molecule has 3 atom stereocenters. The summed E-state index contributed by atoms with van der Waals surface area (Å²) >= 11 is 5.88. The first-order valence-electron chi connectivity index (χ1n) is 6.51. The van der Waals surface area contributed by atoms with Gasteiger partial charge in [-0.1, -0.05) is 25.4 Å². The smallest absolute Gasteiger partial charge is 0.127 e. The van der Waals surface area contributed by atoms with E-state index < -0.39 is 5.54 Å². The van der Waals surface area contributed by atoms with E-state index in [4.69, 9.17) is 11.6 Å². The van der Waals surface area contributed by atoms with Gasteiger partial charge in [-0.3, -0.25) is 0 Å². The average molecular weight is 263 g/mol. The molecule has 2 nitrogen and oxygen atoms in total. The second kappa shape index (κ2) is 5.20. The molecular weight excluding hydrogens is 244 g/mol. The van der Waals surface area contributed by atoms with E-state index in [1.807, 2.05) is 24.3 Å². The fourth-order valence-corrected chi connectivity index (χ4v) is 2.94. The van der Waals surface area contributed by atoms with Crippen molar-refractivity contribution < 1.29 is 0 Å². The van der Waals surface area contributed by atoms with Crippen LogP contribution in [0.1, 0.15) is 33.1 Å². The van der Waals surface area contributed by atoms with Gasteiger partial charge in [0.05, 0.1) is 6.07 Å². The SMILES string of the molecule is CC1CCC(C#N)(Nc2ccc(Cl)cc2)C(C)C1. The number of rotatable bonds is 2. The summed E-state index contributed by atoms with van der Waals surface area (Å²) in [5, 5.41) is 13.7. The second-order valence-corrected chi connectivity index (χ2v) is 5.93. The van der Waals surface area contributed by atoms with Gasteiger partial charge in [0.1, 0.15) is 5.54 Å². The molecule has 2 rings (SSSR count). The van der Waals surface area contributed by atoms with Crippen molar-refractivity contribution in [1.29, 1.82) is 5.26 Å². The third-order valence-electron chi connectivity index (χ3n) is 4.04. The number of nitrogens with zero attached hydrogens (tertiary/aromatic N) is 1. The van der Waals surface area contributed by atoms with Crippen molar-refractivity contribution in [3.8, 4) is 6.07 Å². The van der Waals surface area contributed by atoms with Gasteiger partial charge in [-0.05, 0) is 55.4 Å². The lowest BCUT2D eigenvalue weighted by Crippen LogP contribution is -2.46. The Morgan fingerprint density at radius 1 is 1.33 bits per heavy atom. The summed E-state index contributed by atoms with van der Waals surface area (Å²) in [5.74, 6) is 1.08. The molecule has 18 heavy (non-hydrogen) atoms. The number of nitriles is 1. The van der Waals surface area contributed by atoms with Crippen LogP contribution in [0.25, 0.3) is 0 Å². The summed E-state index contributed by atoms with van der Waals surface area (Å²) in [6.07, 6.45) is 3.13. The highest BCUT2D eigenvalue weighted by Crippen LogP contribution is 2.38. The summed E-state index contributed by atoms with van der Waals surface area (Å²) in [6.45, 7) is 4.43. The van der Waals surface area contributed by atoms with Gasteiger partial charge in [-0.2, -0.15) is 5.26 Å². The van der Waals surface area contributed by atoms with E-state index in [1.54, 1.807) is 0 Å². The van der Waals surface area contributed by atoms with E-state index in [2.05, 4.69) is 25.2 Å². The lowest BCUT2D eigenvalue weighted by molar-refractivity contribution is 0.229. The van der Waals surface area contributed by atoms with Gasteiger partial charge in [-0.15, -0.1) is 0 Å². The first-order valence-corrected chi connectivity index (χ1v) is 6.88. The number of nitrogens with one attached hydrogen (secondary N) is 1. The average Bonchev–Trinajstić information content (AvgIpc) is 2.36. The van der Waals surface area contributed by atoms with Gasteiger partial charge in [0.15, 0.2) is 0 Å². The zero-order chi connectivity index (χ0) is 13.2. The molecule has 1 aliphatic rings. The van der Waals surface area contributed by atoms with E-state index in [0.717, 1.165) is 30.0 Å². The van der Waals surface area contributed by atoms with E-state index in [-0.39, 0.29) is 0 Å². The Labute approximate surface area is 114 Å². The van der Waals surface area contributed by atoms with Crippen molar-refractivity contribution in [1.82, 2.24) is 0 Å². The van der Waals surface area contributed by atoms with Crippen LogP contribution in [0.3, 0.4) is 0 Å². The standard InChI is InChI=1S/C15H19ClN2/c1-11-7-8-15(10-17,12(2)9-11)18-14-5-3-13(16)4-6-14/h3-6,11-12,18H,7-9H2,1-2H3. The first kappa shape index (κ1) is 13.2. The number of hydrogen-bond donors (Lipinski definition) is 1. The van der Waals surface area contributed by atoms with Gasteiger partial charge < -0.3 is 5.32 Å². The highest BCUT2D eigenvalue weighted by atomic mass is 35.5. The van der Waals surface area contributed by atoms with Crippen molar-refractivity contribution in [2.75, 3.05) is 5.32 Å². The molecular formula is C15H19ClN2. The third kappa shape index (κ3) is 2.62. The molecule has 96 valence electrons. The maximum atomic E-state index is 9.58. The van der Waals surface area contributed by atoms with Crippen LogP contribution in [0.5, 0.6) is 0 Å². The summed E-state index contributed by atoms with van der Waals surface area (Å²) in [6, 6.07) is 10.1. The van der Waals surface area contributed by atoms with E-state index in [0.29, 0.717) is 11.8 Å². The number of anilines is 1. The Bertz CT molecular complexity index is 449. The molecule has 3 heteroatoms. The van der Waals surface area contributed by atoms with Crippen LogP contribution in [0.15, 0.2) is 24.3 Å². The second-order valence-electron chi connectivity index (χ2n) is 5.50.